The molecular weight excluding hydrogens is 246 g/mol. The van der Waals surface area contributed by atoms with Gasteiger partial charge in [0.05, 0.1) is 23.5 Å². The van der Waals surface area contributed by atoms with Crippen molar-refractivity contribution in [2.75, 3.05) is 5.32 Å². The summed E-state index contributed by atoms with van der Waals surface area (Å²) in [6.07, 6.45) is 8.28. The summed E-state index contributed by atoms with van der Waals surface area (Å²) in [6, 6.07) is 0. The van der Waals surface area contributed by atoms with Gasteiger partial charge in [-0.1, -0.05) is 19.3 Å². The molecule has 1 aliphatic carbocycles. The first-order valence-corrected chi connectivity index (χ1v) is 6.41. The third-order valence-electron chi connectivity index (χ3n) is 3.61. The van der Waals surface area contributed by atoms with Gasteiger partial charge in [-0.15, -0.1) is 0 Å². The first kappa shape index (κ1) is 13.5. The van der Waals surface area contributed by atoms with Gasteiger partial charge in [0.15, 0.2) is 0 Å². The highest BCUT2D eigenvalue weighted by Crippen LogP contribution is 2.39. The van der Waals surface area contributed by atoms with E-state index < -0.39 is 11.4 Å². The van der Waals surface area contributed by atoms with Gasteiger partial charge in [-0.05, 0) is 12.8 Å². The lowest BCUT2D eigenvalue weighted by Crippen LogP contribution is -2.37. The molecule has 2 rings (SSSR count). The minimum atomic E-state index is -0.905. The van der Waals surface area contributed by atoms with Gasteiger partial charge in [0.2, 0.25) is 5.91 Å². The molecule has 0 radical (unpaired) electrons. The Morgan fingerprint density at radius 1 is 1.21 bits per heavy atom. The zero-order chi connectivity index (χ0) is 13.7. The molecule has 0 bridgehead atoms. The van der Waals surface area contributed by atoms with E-state index in [-0.39, 0.29) is 12.3 Å². The molecule has 6 heteroatoms. The van der Waals surface area contributed by atoms with Gasteiger partial charge in [-0.3, -0.25) is 9.59 Å². The lowest BCUT2D eigenvalue weighted by atomic mass is 9.71. The Balaban J connectivity index is 2.01. The van der Waals surface area contributed by atoms with Crippen LogP contribution in [0.4, 0.5) is 5.69 Å². The first-order chi connectivity index (χ1) is 9.12. The highest BCUT2D eigenvalue weighted by molar-refractivity contribution is 5.94. The number of carbonyl (C=O) groups excluding carboxylic acids is 1. The van der Waals surface area contributed by atoms with Gasteiger partial charge >= 0.3 is 5.97 Å². The molecule has 0 aliphatic heterocycles. The molecule has 1 amide bonds. The predicted octanol–water partition coefficient (Wildman–Crippen LogP) is 1.84. The minimum absolute atomic E-state index is 0.0111. The Morgan fingerprint density at radius 3 is 2.42 bits per heavy atom. The number of hydrogen-bond donors (Lipinski definition) is 2. The Labute approximate surface area is 111 Å². The molecule has 0 unspecified atom stereocenters. The lowest BCUT2D eigenvalue weighted by molar-refractivity contribution is -0.153. The molecule has 2 N–H and O–H groups in total. The van der Waals surface area contributed by atoms with Crippen molar-refractivity contribution in [1.29, 1.82) is 0 Å². The number of rotatable bonds is 4. The molecule has 1 fully saturated rings. The molecule has 0 spiro atoms. The molecule has 1 aliphatic rings. The fourth-order valence-electron chi connectivity index (χ4n) is 2.57. The van der Waals surface area contributed by atoms with Gasteiger partial charge in [-0.25, -0.2) is 9.97 Å². The second-order valence-electron chi connectivity index (χ2n) is 5.00. The highest BCUT2D eigenvalue weighted by Gasteiger charge is 2.41. The van der Waals surface area contributed by atoms with Crippen molar-refractivity contribution < 1.29 is 14.7 Å². The summed E-state index contributed by atoms with van der Waals surface area (Å²) < 4.78 is 0. The van der Waals surface area contributed by atoms with Gasteiger partial charge in [-0.2, -0.15) is 0 Å². The monoisotopic (exact) mass is 263 g/mol. The number of carbonyl (C=O) groups is 2. The standard InChI is InChI=1S/C13H17N3O3/c17-11(16-10-7-14-9-15-8-10)6-13(12(18)19)4-2-1-3-5-13/h7-9H,1-6H2,(H,16,17)(H,18,19). The third-order valence-corrected chi connectivity index (χ3v) is 3.61. The number of carboxylic acid groups (broad SMARTS) is 1. The van der Waals surface area contributed by atoms with E-state index in [1.165, 1.54) is 18.7 Å². The van der Waals surface area contributed by atoms with E-state index in [4.69, 9.17) is 0 Å². The average molecular weight is 263 g/mol. The van der Waals surface area contributed by atoms with Crippen molar-refractivity contribution in [1.82, 2.24) is 9.97 Å². The average Bonchev–Trinajstić information content (AvgIpc) is 2.40. The van der Waals surface area contributed by atoms with Crippen LogP contribution < -0.4 is 5.32 Å². The van der Waals surface area contributed by atoms with Crippen molar-refractivity contribution >= 4 is 17.6 Å². The molecule has 0 saturated heterocycles. The third kappa shape index (κ3) is 3.27. The number of aromatic nitrogens is 2. The molecule has 6 nitrogen and oxygen atoms in total. The van der Waals surface area contributed by atoms with Crippen LogP contribution >= 0.6 is 0 Å². The van der Waals surface area contributed by atoms with Crippen molar-refractivity contribution in [3.05, 3.63) is 18.7 Å². The largest absolute Gasteiger partial charge is 0.481 e. The number of nitrogens with zero attached hydrogens (tertiary/aromatic N) is 2. The van der Waals surface area contributed by atoms with E-state index in [0.29, 0.717) is 18.5 Å². The fraction of sp³-hybridized carbons (Fsp3) is 0.538. The zero-order valence-corrected chi connectivity index (χ0v) is 10.6. The fourth-order valence-corrected chi connectivity index (χ4v) is 2.57. The van der Waals surface area contributed by atoms with E-state index in [9.17, 15) is 14.7 Å². The smallest absolute Gasteiger partial charge is 0.310 e. The Bertz CT molecular complexity index is 455. The Morgan fingerprint density at radius 2 is 1.84 bits per heavy atom. The summed E-state index contributed by atoms with van der Waals surface area (Å²) in [6.45, 7) is 0. The topological polar surface area (TPSA) is 92.2 Å². The lowest BCUT2D eigenvalue weighted by Gasteiger charge is -2.32. The van der Waals surface area contributed by atoms with Crippen LogP contribution in [0.15, 0.2) is 18.7 Å². The molecule has 19 heavy (non-hydrogen) atoms. The summed E-state index contributed by atoms with van der Waals surface area (Å²) in [7, 11) is 0. The van der Waals surface area contributed by atoms with E-state index in [2.05, 4.69) is 15.3 Å². The number of amides is 1. The normalized spacial score (nSPS) is 17.7. The summed E-state index contributed by atoms with van der Waals surface area (Å²) in [5.41, 5.74) is -0.415. The zero-order valence-electron chi connectivity index (χ0n) is 10.6. The van der Waals surface area contributed by atoms with Crippen LogP contribution in [0.2, 0.25) is 0 Å². The van der Waals surface area contributed by atoms with Gasteiger partial charge in [0.25, 0.3) is 0 Å². The second kappa shape index (κ2) is 5.77. The number of nitrogens with one attached hydrogen (secondary N) is 1. The maximum Gasteiger partial charge on any atom is 0.310 e. The number of hydrogen-bond acceptors (Lipinski definition) is 4. The molecule has 102 valence electrons. The molecular formula is C13H17N3O3. The molecule has 0 aromatic carbocycles. The van der Waals surface area contributed by atoms with E-state index >= 15 is 0 Å². The van der Waals surface area contributed by atoms with Crippen LogP contribution in [0.1, 0.15) is 38.5 Å². The van der Waals surface area contributed by atoms with Gasteiger partial charge in [0, 0.05) is 6.42 Å². The maximum absolute atomic E-state index is 12.0. The number of anilines is 1. The quantitative estimate of drug-likeness (QED) is 0.864. The van der Waals surface area contributed by atoms with Crippen LogP contribution in [0.3, 0.4) is 0 Å². The summed E-state index contributed by atoms with van der Waals surface area (Å²) in [5.74, 6) is -1.16. The van der Waals surface area contributed by atoms with Crippen LogP contribution in [-0.2, 0) is 9.59 Å². The van der Waals surface area contributed by atoms with Gasteiger partial charge in [0.1, 0.15) is 6.33 Å². The van der Waals surface area contributed by atoms with Crippen LogP contribution in [0.5, 0.6) is 0 Å². The summed E-state index contributed by atoms with van der Waals surface area (Å²) >= 11 is 0. The molecule has 0 atom stereocenters. The van der Waals surface area contributed by atoms with Crippen LogP contribution in [-0.4, -0.2) is 27.0 Å². The van der Waals surface area contributed by atoms with Crippen LogP contribution in [0.25, 0.3) is 0 Å². The Hall–Kier alpha value is -1.98. The minimum Gasteiger partial charge on any atom is -0.481 e. The van der Waals surface area contributed by atoms with Gasteiger partial charge < -0.3 is 10.4 Å². The first-order valence-electron chi connectivity index (χ1n) is 6.41. The molecule has 1 saturated carbocycles. The number of carboxylic acids is 1. The Kier molecular flexibility index (Phi) is 4.09. The van der Waals surface area contributed by atoms with Crippen molar-refractivity contribution in [3.8, 4) is 0 Å². The maximum atomic E-state index is 12.0. The van der Waals surface area contributed by atoms with E-state index in [0.717, 1.165) is 19.3 Å². The van der Waals surface area contributed by atoms with Crippen molar-refractivity contribution in [2.24, 2.45) is 5.41 Å². The molecule has 1 aromatic rings. The summed E-state index contributed by atoms with van der Waals surface area (Å²) in [4.78, 5) is 31.0. The van der Waals surface area contributed by atoms with Crippen molar-refractivity contribution in [3.63, 3.8) is 0 Å². The molecule has 1 heterocycles. The number of aliphatic carboxylic acids is 1. The van der Waals surface area contributed by atoms with Crippen LogP contribution in [0, 0.1) is 5.41 Å². The second-order valence-corrected chi connectivity index (χ2v) is 5.00. The van der Waals surface area contributed by atoms with E-state index in [1.807, 2.05) is 0 Å². The molecule has 1 aromatic heterocycles. The summed E-state index contributed by atoms with van der Waals surface area (Å²) in [5, 5.41) is 12.0. The predicted molar refractivity (Wildman–Crippen MR) is 68.4 cm³/mol. The van der Waals surface area contributed by atoms with E-state index in [1.54, 1.807) is 0 Å². The highest BCUT2D eigenvalue weighted by atomic mass is 16.4. The van der Waals surface area contributed by atoms with Crippen molar-refractivity contribution in [2.45, 2.75) is 38.5 Å². The SMILES string of the molecule is O=C(CC1(C(=O)O)CCCCC1)Nc1cncnc1.